The first-order valence-electron chi connectivity index (χ1n) is 12.4. The van der Waals surface area contributed by atoms with Gasteiger partial charge in [0.05, 0.1) is 12.9 Å². The molecule has 5 nitrogen and oxygen atoms in total. The van der Waals surface area contributed by atoms with E-state index in [-0.39, 0.29) is 17.9 Å². The van der Waals surface area contributed by atoms with Crippen LogP contribution >= 0.6 is 11.8 Å². The molecule has 36 heavy (non-hydrogen) atoms. The van der Waals surface area contributed by atoms with Crippen LogP contribution in [0.1, 0.15) is 37.0 Å². The second-order valence-electron chi connectivity index (χ2n) is 8.87. The maximum absolute atomic E-state index is 13.7. The maximum atomic E-state index is 13.7. The van der Waals surface area contributed by atoms with Crippen LogP contribution in [0.5, 0.6) is 5.75 Å². The van der Waals surface area contributed by atoms with Gasteiger partial charge in [-0.25, -0.2) is 0 Å². The molecule has 2 atom stereocenters. The first kappa shape index (κ1) is 27.3. The third-order valence-corrected chi connectivity index (χ3v) is 7.08. The maximum Gasteiger partial charge on any atom is 0.243 e. The third kappa shape index (κ3) is 8.45. The van der Waals surface area contributed by atoms with Crippen molar-refractivity contribution in [3.8, 4) is 5.75 Å². The highest BCUT2D eigenvalue weighted by molar-refractivity contribution is 7.99. The molecule has 0 aromatic heterocycles. The number of carbonyl (C=O) groups is 2. The summed E-state index contributed by atoms with van der Waals surface area (Å²) >= 11 is 1.57. The van der Waals surface area contributed by atoms with Gasteiger partial charge >= 0.3 is 0 Å². The Balaban J connectivity index is 1.87. The number of thioether (sulfide) groups is 1. The van der Waals surface area contributed by atoms with Crippen LogP contribution in [0, 0.1) is 0 Å². The molecule has 1 N–H and O–H groups in total. The molecule has 190 valence electrons. The number of benzene rings is 3. The van der Waals surface area contributed by atoms with Gasteiger partial charge in [0.15, 0.2) is 0 Å². The van der Waals surface area contributed by atoms with E-state index >= 15 is 0 Å². The molecule has 0 unspecified atom stereocenters. The Labute approximate surface area is 219 Å². The Morgan fingerprint density at radius 3 is 2.19 bits per heavy atom. The summed E-state index contributed by atoms with van der Waals surface area (Å²) in [4.78, 5) is 28.9. The molecule has 0 aliphatic rings. The van der Waals surface area contributed by atoms with Crippen LogP contribution in [-0.4, -0.2) is 41.7 Å². The van der Waals surface area contributed by atoms with Crippen molar-refractivity contribution in [1.82, 2.24) is 10.2 Å². The van der Waals surface area contributed by atoms with Crippen LogP contribution in [0.2, 0.25) is 0 Å². The first-order valence-corrected chi connectivity index (χ1v) is 13.5. The van der Waals surface area contributed by atoms with Gasteiger partial charge < -0.3 is 15.0 Å². The summed E-state index contributed by atoms with van der Waals surface area (Å²) in [7, 11) is 1.63. The van der Waals surface area contributed by atoms with Crippen molar-refractivity contribution >= 4 is 23.6 Å². The fourth-order valence-corrected chi connectivity index (χ4v) is 4.75. The minimum absolute atomic E-state index is 0.0250. The zero-order valence-electron chi connectivity index (χ0n) is 21.4. The van der Waals surface area contributed by atoms with Crippen molar-refractivity contribution in [2.45, 2.75) is 51.1 Å². The Bertz CT molecular complexity index is 1090. The van der Waals surface area contributed by atoms with E-state index in [1.807, 2.05) is 86.6 Å². The smallest absolute Gasteiger partial charge is 0.243 e. The summed E-state index contributed by atoms with van der Waals surface area (Å²) in [5.74, 6) is 1.57. The highest BCUT2D eigenvalue weighted by atomic mass is 32.2. The van der Waals surface area contributed by atoms with Crippen LogP contribution in [-0.2, 0) is 28.3 Å². The lowest BCUT2D eigenvalue weighted by atomic mass is 10.0. The molecular weight excluding hydrogens is 468 g/mol. The number of ether oxygens (including phenoxy) is 1. The Hall–Kier alpha value is -3.25. The van der Waals surface area contributed by atoms with E-state index in [9.17, 15) is 9.59 Å². The minimum atomic E-state index is -0.627. The Morgan fingerprint density at radius 1 is 0.917 bits per heavy atom. The number of amides is 2. The highest BCUT2D eigenvalue weighted by Crippen LogP contribution is 2.20. The van der Waals surface area contributed by atoms with E-state index in [2.05, 4.69) is 17.4 Å². The second kappa shape index (κ2) is 14.3. The fraction of sp³-hybridized carbons (Fsp3) is 0.333. The predicted molar refractivity (Wildman–Crippen MR) is 148 cm³/mol. The number of hydrogen-bond acceptors (Lipinski definition) is 4. The van der Waals surface area contributed by atoms with E-state index in [1.165, 1.54) is 5.56 Å². The monoisotopic (exact) mass is 504 g/mol. The lowest BCUT2D eigenvalue weighted by Crippen LogP contribution is -2.52. The van der Waals surface area contributed by atoms with Gasteiger partial charge in [-0.05, 0) is 42.2 Å². The summed E-state index contributed by atoms with van der Waals surface area (Å²) in [5, 5.41) is 3.11. The van der Waals surface area contributed by atoms with Crippen LogP contribution in [0.4, 0.5) is 0 Å². The van der Waals surface area contributed by atoms with E-state index in [0.29, 0.717) is 18.7 Å². The van der Waals surface area contributed by atoms with E-state index in [1.54, 1.807) is 23.8 Å². The van der Waals surface area contributed by atoms with E-state index < -0.39 is 6.04 Å². The summed E-state index contributed by atoms with van der Waals surface area (Å²) < 4.78 is 5.39. The number of hydrogen-bond donors (Lipinski definition) is 1. The molecule has 0 aliphatic carbocycles. The molecule has 3 rings (SSSR count). The Kier molecular flexibility index (Phi) is 10.9. The molecule has 0 spiro atoms. The second-order valence-corrected chi connectivity index (χ2v) is 9.86. The summed E-state index contributed by atoms with van der Waals surface area (Å²) in [5.41, 5.74) is 3.11. The van der Waals surface area contributed by atoms with E-state index in [0.717, 1.165) is 29.1 Å². The molecule has 0 radical (unpaired) electrons. The Morgan fingerprint density at radius 2 is 1.56 bits per heavy atom. The zero-order valence-corrected chi connectivity index (χ0v) is 22.2. The standard InChI is InChI=1S/C30H36N2O3S/c1-4-23(2)31-30(34)28(19-24-12-7-5-8-13-24)32(20-26-16-11-17-27(18-26)35-3)29(33)22-36-21-25-14-9-6-10-15-25/h5-18,23,28H,4,19-22H2,1-3H3,(H,31,34)/t23-,28+/m0/s1. The average Bonchev–Trinajstić information content (AvgIpc) is 2.91. The molecule has 0 heterocycles. The molecular formula is C30H36N2O3S. The molecule has 2 amide bonds. The molecule has 0 saturated carbocycles. The van der Waals surface area contributed by atoms with Gasteiger partial charge in [0.25, 0.3) is 0 Å². The van der Waals surface area contributed by atoms with Crippen molar-refractivity contribution < 1.29 is 14.3 Å². The van der Waals surface area contributed by atoms with Crippen LogP contribution in [0.15, 0.2) is 84.9 Å². The van der Waals surface area contributed by atoms with Gasteiger partial charge in [-0.2, -0.15) is 0 Å². The normalized spacial score (nSPS) is 12.4. The minimum Gasteiger partial charge on any atom is -0.497 e. The number of nitrogens with zero attached hydrogens (tertiary/aromatic N) is 1. The predicted octanol–water partition coefficient (Wildman–Crippen LogP) is 5.48. The number of carbonyl (C=O) groups excluding carboxylic acids is 2. The molecule has 0 fully saturated rings. The van der Waals surface area contributed by atoms with Gasteiger partial charge in [0.2, 0.25) is 11.8 Å². The van der Waals surface area contributed by atoms with Gasteiger partial charge in [0.1, 0.15) is 11.8 Å². The largest absolute Gasteiger partial charge is 0.497 e. The lowest BCUT2D eigenvalue weighted by molar-refractivity contribution is -0.139. The van der Waals surface area contributed by atoms with Gasteiger partial charge in [-0.1, -0.05) is 79.7 Å². The SMILES string of the molecule is CC[C@H](C)NC(=O)[C@@H](Cc1ccccc1)N(Cc1cccc(OC)c1)C(=O)CSCc1ccccc1. The number of nitrogens with one attached hydrogen (secondary N) is 1. The van der Waals surface area contributed by atoms with Crippen molar-refractivity contribution in [3.63, 3.8) is 0 Å². The zero-order chi connectivity index (χ0) is 25.8. The van der Waals surface area contributed by atoms with Crippen LogP contribution < -0.4 is 10.1 Å². The van der Waals surface area contributed by atoms with Crippen molar-refractivity contribution in [2.24, 2.45) is 0 Å². The van der Waals surface area contributed by atoms with Crippen molar-refractivity contribution in [3.05, 3.63) is 102 Å². The summed E-state index contributed by atoms with van der Waals surface area (Å²) in [6.45, 7) is 4.35. The molecule has 0 saturated heterocycles. The fourth-order valence-electron chi connectivity index (χ4n) is 3.88. The van der Waals surface area contributed by atoms with Crippen LogP contribution in [0.25, 0.3) is 0 Å². The summed E-state index contributed by atoms with van der Waals surface area (Å²) in [6.07, 6.45) is 1.27. The third-order valence-electron chi connectivity index (χ3n) is 6.10. The molecule has 3 aromatic rings. The summed E-state index contributed by atoms with van der Waals surface area (Å²) in [6, 6.07) is 27.1. The highest BCUT2D eigenvalue weighted by Gasteiger charge is 2.31. The van der Waals surface area contributed by atoms with E-state index in [4.69, 9.17) is 4.74 Å². The van der Waals surface area contributed by atoms with Crippen molar-refractivity contribution in [1.29, 1.82) is 0 Å². The number of rotatable bonds is 13. The quantitative estimate of drug-likeness (QED) is 0.335. The average molecular weight is 505 g/mol. The van der Waals surface area contributed by atoms with Crippen molar-refractivity contribution in [2.75, 3.05) is 12.9 Å². The number of methoxy groups -OCH3 is 1. The first-order chi connectivity index (χ1) is 17.5. The molecule has 0 aliphatic heterocycles. The topological polar surface area (TPSA) is 58.6 Å². The van der Waals surface area contributed by atoms with Gasteiger partial charge in [-0.15, -0.1) is 11.8 Å². The van der Waals surface area contributed by atoms with Gasteiger partial charge in [0, 0.05) is 24.8 Å². The molecule has 0 bridgehead atoms. The lowest BCUT2D eigenvalue weighted by Gasteiger charge is -2.32. The molecule has 3 aromatic carbocycles. The van der Waals surface area contributed by atoms with Gasteiger partial charge in [-0.3, -0.25) is 9.59 Å². The van der Waals surface area contributed by atoms with Crippen LogP contribution in [0.3, 0.4) is 0 Å². The molecule has 6 heteroatoms.